The Labute approximate surface area is 242 Å². The van der Waals surface area contributed by atoms with Gasteiger partial charge in [-0.05, 0) is 63.2 Å². The van der Waals surface area contributed by atoms with Gasteiger partial charge >= 0.3 is 0 Å². The molecule has 2 fully saturated rings. The van der Waals surface area contributed by atoms with Crippen LogP contribution in [0.3, 0.4) is 0 Å². The third kappa shape index (κ3) is 17.3. The van der Waals surface area contributed by atoms with Gasteiger partial charge in [-0.1, -0.05) is 41.5 Å². The molecule has 0 aromatic heterocycles. The highest BCUT2D eigenvalue weighted by molar-refractivity contribution is 4.77. The van der Waals surface area contributed by atoms with Crippen molar-refractivity contribution in [1.29, 1.82) is 0 Å². The smallest absolute Gasteiger partial charge is 0.0829 e. The van der Waals surface area contributed by atoms with E-state index in [0.717, 1.165) is 111 Å². The molecule has 2 rings (SSSR count). The predicted molar refractivity (Wildman–Crippen MR) is 166 cm³/mol. The predicted octanol–water partition coefficient (Wildman–Crippen LogP) is 2.45. The largest absolute Gasteiger partial charge is 0.374 e. The molecule has 232 valence electrons. The van der Waals surface area contributed by atoms with Crippen molar-refractivity contribution < 1.29 is 9.47 Å². The maximum absolute atomic E-state index is 6.11. The number of ether oxygens (including phenoxy) is 2. The molecule has 0 radical (unpaired) electrons. The van der Waals surface area contributed by atoms with Gasteiger partial charge in [-0.2, -0.15) is 0 Å². The molecule has 0 amide bonds. The van der Waals surface area contributed by atoms with Crippen LogP contribution < -0.4 is 16.0 Å². The molecule has 8 nitrogen and oxygen atoms in total. The molecular formula is C31H66N6O2. The Morgan fingerprint density at radius 3 is 1.90 bits per heavy atom. The van der Waals surface area contributed by atoms with Gasteiger partial charge < -0.3 is 30.3 Å². The highest BCUT2D eigenvalue weighted by Crippen LogP contribution is 2.14. The van der Waals surface area contributed by atoms with Crippen LogP contribution >= 0.6 is 0 Å². The molecule has 2 heterocycles. The molecule has 39 heavy (non-hydrogen) atoms. The normalized spacial score (nSPS) is 23.2. The van der Waals surface area contributed by atoms with E-state index in [1.165, 1.54) is 12.8 Å². The molecule has 4 atom stereocenters. The van der Waals surface area contributed by atoms with Crippen LogP contribution in [0, 0.1) is 23.7 Å². The molecule has 0 aliphatic carbocycles. The lowest BCUT2D eigenvalue weighted by atomic mass is 9.97. The highest BCUT2D eigenvalue weighted by atomic mass is 16.5. The van der Waals surface area contributed by atoms with E-state index < -0.39 is 0 Å². The van der Waals surface area contributed by atoms with Gasteiger partial charge in [-0.3, -0.25) is 9.80 Å². The van der Waals surface area contributed by atoms with E-state index in [9.17, 15) is 0 Å². The van der Waals surface area contributed by atoms with Gasteiger partial charge in [-0.25, -0.2) is 0 Å². The number of hydrogen-bond acceptors (Lipinski definition) is 8. The van der Waals surface area contributed by atoms with Gasteiger partial charge in [0.2, 0.25) is 0 Å². The fourth-order valence-electron chi connectivity index (χ4n) is 5.66. The second-order valence-electron chi connectivity index (χ2n) is 13.4. The van der Waals surface area contributed by atoms with Crippen molar-refractivity contribution in [3.05, 3.63) is 0 Å². The summed E-state index contributed by atoms with van der Waals surface area (Å²) < 4.78 is 12.1. The Balaban J connectivity index is 1.50. The van der Waals surface area contributed by atoms with Crippen LogP contribution in [-0.2, 0) is 9.47 Å². The summed E-state index contributed by atoms with van der Waals surface area (Å²) in [4.78, 5) is 7.61. The first-order chi connectivity index (χ1) is 18.7. The van der Waals surface area contributed by atoms with E-state index in [4.69, 9.17) is 9.47 Å². The third-order valence-electron chi connectivity index (χ3n) is 7.92. The summed E-state index contributed by atoms with van der Waals surface area (Å²) in [5.41, 5.74) is 0. The average Bonchev–Trinajstić information content (AvgIpc) is 2.88. The Morgan fingerprint density at radius 2 is 1.26 bits per heavy atom. The quantitative estimate of drug-likeness (QED) is 0.187. The first-order valence-corrected chi connectivity index (χ1v) is 16.2. The lowest BCUT2D eigenvalue weighted by Gasteiger charge is -2.35. The van der Waals surface area contributed by atoms with Crippen LogP contribution in [0.1, 0.15) is 54.4 Å². The lowest BCUT2D eigenvalue weighted by Crippen LogP contribution is -2.49. The molecule has 2 saturated heterocycles. The maximum atomic E-state index is 6.11. The standard InChI is InChI=1S/C31H66N6O2/c1-26(2)18-32-10-12-37-15-17-39-31(25-37)23-35(7)22-29(6)9-8-28(5)20-33-11-13-36-14-16-38-30(24-36)21-34-19-27(3)4/h26-34H,8-25H2,1-7H3/t28?,29?,30-,31+/m1/s1. The zero-order valence-corrected chi connectivity index (χ0v) is 26.9. The number of likely N-dealkylation sites (N-methyl/N-ethyl adjacent to an activating group) is 1. The number of nitrogens with one attached hydrogen (secondary N) is 3. The molecular weight excluding hydrogens is 488 g/mol. The summed E-state index contributed by atoms with van der Waals surface area (Å²) in [7, 11) is 2.27. The number of morpholine rings is 2. The number of rotatable bonds is 21. The van der Waals surface area contributed by atoms with Gasteiger partial charge in [-0.15, -0.1) is 0 Å². The van der Waals surface area contributed by atoms with Gasteiger partial charge in [0.25, 0.3) is 0 Å². The second-order valence-corrected chi connectivity index (χ2v) is 13.4. The molecule has 8 heteroatoms. The number of hydrogen-bond donors (Lipinski definition) is 3. The Bertz CT molecular complexity index is 595. The molecule has 0 bridgehead atoms. The first-order valence-electron chi connectivity index (χ1n) is 16.2. The van der Waals surface area contributed by atoms with Crippen molar-refractivity contribution in [2.75, 3.05) is 112 Å². The summed E-state index contributed by atoms with van der Waals surface area (Å²) in [6.45, 7) is 30.6. The van der Waals surface area contributed by atoms with E-state index in [1.54, 1.807) is 0 Å². The molecule has 0 spiro atoms. The first kappa shape index (κ1) is 34.9. The second kappa shape index (κ2) is 20.5. The van der Waals surface area contributed by atoms with Gasteiger partial charge in [0.1, 0.15) is 0 Å². The monoisotopic (exact) mass is 555 g/mol. The molecule has 0 aromatic carbocycles. The summed E-state index contributed by atoms with van der Waals surface area (Å²) in [6.07, 6.45) is 3.25. The van der Waals surface area contributed by atoms with Crippen molar-refractivity contribution in [1.82, 2.24) is 30.7 Å². The zero-order chi connectivity index (χ0) is 28.5. The van der Waals surface area contributed by atoms with E-state index in [0.29, 0.717) is 30.0 Å². The minimum atomic E-state index is 0.330. The fraction of sp³-hybridized carbons (Fsp3) is 1.00. The highest BCUT2D eigenvalue weighted by Gasteiger charge is 2.22. The minimum absolute atomic E-state index is 0.330. The van der Waals surface area contributed by atoms with E-state index in [2.05, 4.69) is 79.2 Å². The van der Waals surface area contributed by atoms with Crippen LogP contribution in [0.4, 0.5) is 0 Å². The molecule has 2 unspecified atom stereocenters. The Hall–Kier alpha value is -0.320. The van der Waals surface area contributed by atoms with Crippen LogP contribution in [-0.4, -0.2) is 139 Å². The SMILES string of the molecule is CC(C)CNCCN1CCO[C@@H](CN(C)CC(C)CCC(C)CNCCN2CCO[C@H](CNCC(C)C)C2)C1. The molecule has 0 saturated carbocycles. The van der Waals surface area contributed by atoms with Crippen LogP contribution in [0.25, 0.3) is 0 Å². The summed E-state index contributed by atoms with van der Waals surface area (Å²) in [5, 5.41) is 10.8. The fourth-order valence-corrected chi connectivity index (χ4v) is 5.66. The van der Waals surface area contributed by atoms with Crippen molar-refractivity contribution >= 4 is 0 Å². The summed E-state index contributed by atoms with van der Waals surface area (Å²) in [6, 6.07) is 0. The lowest BCUT2D eigenvalue weighted by molar-refractivity contribution is -0.0412. The molecule has 3 N–H and O–H groups in total. The van der Waals surface area contributed by atoms with E-state index >= 15 is 0 Å². The van der Waals surface area contributed by atoms with Crippen LogP contribution in [0.5, 0.6) is 0 Å². The molecule has 0 aromatic rings. The average molecular weight is 555 g/mol. The number of nitrogens with zero attached hydrogens (tertiary/aromatic N) is 3. The third-order valence-corrected chi connectivity index (χ3v) is 7.92. The summed E-state index contributed by atoms with van der Waals surface area (Å²) in [5.74, 6) is 2.84. The summed E-state index contributed by atoms with van der Waals surface area (Å²) >= 11 is 0. The Morgan fingerprint density at radius 1 is 0.718 bits per heavy atom. The van der Waals surface area contributed by atoms with E-state index in [1.807, 2.05) is 0 Å². The molecule has 2 aliphatic heterocycles. The van der Waals surface area contributed by atoms with Crippen molar-refractivity contribution in [3.63, 3.8) is 0 Å². The van der Waals surface area contributed by atoms with Crippen LogP contribution in [0.15, 0.2) is 0 Å². The van der Waals surface area contributed by atoms with Crippen molar-refractivity contribution in [2.45, 2.75) is 66.6 Å². The topological polar surface area (TPSA) is 64.3 Å². The van der Waals surface area contributed by atoms with Gasteiger partial charge in [0, 0.05) is 72.0 Å². The Kier molecular flexibility index (Phi) is 18.4. The van der Waals surface area contributed by atoms with Crippen molar-refractivity contribution in [2.24, 2.45) is 23.7 Å². The van der Waals surface area contributed by atoms with Crippen molar-refractivity contribution in [3.8, 4) is 0 Å². The van der Waals surface area contributed by atoms with E-state index in [-0.39, 0.29) is 0 Å². The van der Waals surface area contributed by atoms with Gasteiger partial charge in [0.15, 0.2) is 0 Å². The molecule has 2 aliphatic rings. The maximum Gasteiger partial charge on any atom is 0.0829 e. The van der Waals surface area contributed by atoms with Gasteiger partial charge in [0.05, 0.1) is 25.4 Å². The van der Waals surface area contributed by atoms with Crippen LogP contribution in [0.2, 0.25) is 0 Å². The minimum Gasteiger partial charge on any atom is -0.374 e. The zero-order valence-electron chi connectivity index (χ0n) is 26.9.